The first kappa shape index (κ1) is 17.7. The Balaban J connectivity index is 2.17. The lowest BCUT2D eigenvalue weighted by molar-refractivity contribution is 0.000389. The number of methoxy groups -OCH3 is 1. The Kier molecular flexibility index (Phi) is 5.63. The lowest BCUT2D eigenvalue weighted by Crippen LogP contribution is -2.40. The molecule has 122 valence electrons. The predicted octanol–water partition coefficient (Wildman–Crippen LogP) is 4.42. The number of rotatable bonds is 5. The summed E-state index contributed by atoms with van der Waals surface area (Å²) in [4.78, 5) is 12.3. The summed E-state index contributed by atoms with van der Waals surface area (Å²) in [6, 6.07) is 10.9. The minimum Gasteiger partial charge on any atom is -0.372 e. The van der Waals surface area contributed by atoms with Gasteiger partial charge in [-0.3, -0.25) is 4.79 Å². The second kappa shape index (κ2) is 7.30. The zero-order chi connectivity index (χ0) is 17.0. The van der Waals surface area contributed by atoms with E-state index in [0.29, 0.717) is 21.2 Å². The van der Waals surface area contributed by atoms with Crippen LogP contribution < -0.4 is 5.32 Å². The average molecular weight is 356 g/mol. The highest BCUT2D eigenvalue weighted by Gasteiger charge is 2.29. The van der Waals surface area contributed by atoms with Crippen molar-refractivity contribution in [1.29, 1.82) is 0 Å². The van der Waals surface area contributed by atoms with Gasteiger partial charge in [0.25, 0.3) is 5.91 Å². The molecule has 6 heteroatoms. The Morgan fingerprint density at radius 2 is 1.83 bits per heavy atom. The van der Waals surface area contributed by atoms with E-state index in [0.717, 1.165) is 0 Å². The molecule has 0 bridgehead atoms. The van der Waals surface area contributed by atoms with Gasteiger partial charge in [0, 0.05) is 28.3 Å². The topological polar surface area (TPSA) is 38.3 Å². The van der Waals surface area contributed by atoms with Gasteiger partial charge in [0.05, 0.1) is 6.54 Å². The number of hydrogen-bond acceptors (Lipinski definition) is 2. The summed E-state index contributed by atoms with van der Waals surface area (Å²) in [6.07, 6.45) is 0. The Bertz CT molecular complexity index is 703. The zero-order valence-electron chi connectivity index (χ0n) is 12.7. The molecule has 3 nitrogen and oxygen atoms in total. The molecule has 0 aliphatic heterocycles. The van der Waals surface area contributed by atoms with E-state index < -0.39 is 11.4 Å². The van der Waals surface area contributed by atoms with E-state index in [4.69, 9.17) is 27.9 Å². The van der Waals surface area contributed by atoms with Gasteiger partial charge in [-0.05, 0) is 31.2 Å². The first-order valence-corrected chi connectivity index (χ1v) is 7.66. The van der Waals surface area contributed by atoms with Gasteiger partial charge in [0.15, 0.2) is 0 Å². The highest BCUT2D eigenvalue weighted by atomic mass is 35.5. The molecule has 0 spiro atoms. The number of benzene rings is 2. The van der Waals surface area contributed by atoms with Gasteiger partial charge in [-0.25, -0.2) is 4.39 Å². The average Bonchev–Trinajstić information content (AvgIpc) is 2.51. The number of hydrogen-bond donors (Lipinski definition) is 1. The van der Waals surface area contributed by atoms with Crippen molar-refractivity contribution in [2.45, 2.75) is 12.5 Å². The van der Waals surface area contributed by atoms with Crippen molar-refractivity contribution in [2.24, 2.45) is 0 Å². The number of carbonyl (C=O) groups is 1. The molecule has 0 aliphatic rings. The molecular weight excluding hydrogens is 340 g/mol. The van der Waals surface area contributed by atoms with E-state index in [1.54, 1.807) is 31.2 Å². The molecule has 2 rings (SSSR count). The van der Waals surface area contributed by atoms with Crippen LogP contribution in [-0.2, 0) is 10.3 Å². The minimum atomic E-state index is -0.997. The molecule has 0 saturated heterocycles. The van der Waals surface area contributed by atoms with E-state index in [2.05, 4.69) is 5.32 Å². The lowest BCUT2D eigenvalue weighted by atomic mass is 9.95. The van der Waals surface area contributed by atoms with Crippen molar-refractivity contribution < 1.29 is 13.9 Å². The van der Waals surface area contributed by atoms with E-state index in [1.165, 1.54) is 25.3 Å². The van der Waals surface area contributed by atoms with Crippen molar-refractivity contribution >= 4 is 29.1 Å². The standard InChI is InChI=1S/C17H16Cl2FNO2/c1-17(23-2,14-5-3-4-6-15(14)20)10-21-16(22)11-7-12(18)9-13(19)8-11/h3-9H,10H2,1-2H3,(H,21,22). The molecular formula is C17H16Cl2FNO2. The molecule has 0 aromatic heterocycles. The Morgan fingerprint density at radius 3 is 2.39 bits per heavy atom. The van der Waals surface area contributed by atoms with Crippen LogP contribution in [0.15, 0.2) is 42.5 Å². The Labute approximate surface area is 144 Å². The van der Waals surface area contributed by atoms with Crippen LogP contribution in [0, 0.1) is 5.82 Å². The molecule has 2 aromatic rings. The molecule has 0 fully saturated rings. The molecule has 1 amide bonds. The quantitative estimate of drug-likeness (QED) is 0.861. The summed E-state index contributed by atoms with van der Waals surface area (Å²) < 4.78 is 19.4. The van der Waals surface area contributed by atoms with E-state index >= 15 is 0 Å². The second-order valence-corrected chi connectivity index (χ2v) is 6.13. The molecule has 1 N–H and O–H groups in total. The molecule has 0 saturated carbocycles. The van der Waals surface area contributed by atoms with Gasteiger partial charge >= 0.3 is 0 Å². The van der Waals surface area contributed by atoms with E-state index in [1.807, 2.05) is 0 Å². The van der Waals surface area contributed by atoms with Crippen molar-refractivity contribution in [3.63, 3.8) is 0 Å². The molecule has 1 unspecified atom stereocenters. The maximum atomic E-state index is 14.0. The van der Waals surface area contributed by atoms with Crippen LogP contribution in [0.4, 0.5) is 4.39 Å². The number of nitrogens with one attached hydrogen (secondary N) is 1. The highest BCUT2D eigenvalue weighted by Crippen LogP contribution is 2.26. The Morgan fingerprint density at radius 1 is 1.22 bits per heavy atom. The maximum Gasteiger partial charge on any atom is 0.251 e. The van der Waals surface area contributed by atoms with Gasteiger partial charge in [-0.1, -0.05) is 41.4 Å². The van der Waals surface area contributed by atoms with Crippen LogP contribution >= 0.6 is 23.2 Å². The number of amides is 1. The minimum absolute atomic E-state index is 0.0907. The molecule has 1 atom stereocenters. The van der Waals surface area contributed by atoms with Crippen LogP contribution in [0.5, 0.6) is 0 Å². The fraction of sp³-hybridized carbons (Fsp3) is 0.235. The zero-order valence-corrected chi connectivity index (χ0v) is 14.2. The number of ether oxygens (including phenoxy) is 1. The largest absolute Gasteiger partial charge is 0.372 e. The second-order valence-electron chi connectivity index (χ2n) is 5.26. The van der Waals surface area contributed by atoms with Crippen LogP contribution in [0.2, 0.25) is 10.0 Å². The van der Waals surface area contributed by atoms with Gasteiger partial charge in [-0.2, -0.15) is 0 Å². The van der Waals surface area contributed by atoms with Crippen molar-refractivity contribution in [1.82, 2.24) is 5.32 Å². The van der Waals surface area contributed by atoms with Crippen LogP contribution in [-0.4, -0.2) is 19.6 Å². The summed E-state index contributed by atoms with van der Waals surface area (Å²) in [6.45, 7) is 1.80. The molecule has 0 aliphatic carbocycles. The lowest BCUT2D eigenvalue weighted by Gasteiger charge is -2.29. The third-order valence-corrected chi connectivity index (χ3v) is 4.04. The van der Waals surface area contributed by atoms with Gasteiger partial charge in [0.1, 0.15) is 11.4 Å². The summed E-state index contributed by atoms with van der Waals surface area (Å²) >= 11 is 11.8. The fourth-order valence-electron chi connectivity index (χ4n) is 2.20. The number of carbonyl (C=O) groups excluding carboxylic acids is 1. The molecule has 23 heavy (non-hydrogen) atoms. The van der Waals surface area contributed by atoms with E-state index in [9.17, 15) is 9.18 Å². The van der Waals surface area contributed by atoms with Crippen LogP contribution in [0.3, 0.4) is 0 Å². The summed E-state index contributed by atoms with van der Waals surface area (Å²) in [5, 5.41) is 3.46. The normalized spacial score (nSPS) is 13.4. The van der Waals surface area contributed by atoms with Gasteiger partial charge < -0.3 is 10.1 Å². The maximum absolute atomic E-state index is 14.0. The SMILES string of the molecule is COC(C)(CNC(=O)c1cc(Cl)cc(Cl)c1)c1ccccc1F. The van der Waals surface area contributed by atoms with Crippen molar-refractivity contribution in [3.05, 3.63) is 69.5 Å². The third kappa shape index (κ3) is 4.22. The van der Waals surface area contributed by atoms with Gasteiger partial charge in [-0.15, -0.1) is 0 Å². The van der Waals surface area contributed by atoms with Crippen LogP contribution in [0.25, 0.3) is 0 Å². The molecule has 2 aromatic carbocycles. The number of halogens is 3. The summed E-state index contributed by atoms with van der Waals surface area (Å²) in [5.41, 5.74) is -0.301. The van der Waals surface area contributed by atoms with Crippen molar-refractivity contribution in [3.8, 4) is 0 Å². The summed E-state index contributed by atoms with van der Waals surface area (Å²) in [5.74, 6) is -0.758. The third-order valence-electron chi connectivity index (χ3n) is 3.61. The Hall–Kier alpha value is -1.62. The first-order valence-electron chi connectivity index (χ1n) is 6.90. The van der Waals surface area contributed by atoms with E-state index in [-0.39, 0.29) is 12.5 Å². The molecule has 0 radical (unpaired) electrons. The van der Waals surface area contributed by atoms with Gasteiger partial charge in [0.2, 0.25) is 0 Å². The van der Waals surface area contributed by atoms with Crippen molar-refractivity contribution in [2.75, 3.05) is 13.7 Å². The highest BCUT2D eigenvalue weighted by molar-refractivity contribution is 6.35. The van der Waals surface area contributed by atoms with Crippen LogP contribution in [0.1, 0.15) is 22.8 Å². The monoisotopic (exact) mass is 355 g/mol. The first-order chi connectivity index (χ1) is 10.9. The smallest absolute Gasteiger partial charge is 0.251 e. The predicted molar refractivity (Wildman–Crippen MR) is 89.6 cm³/mol. The molecule has 0 heterocycles. The summed E-state index contributed by atoms with van der Waals surface area (Å²) in [7, 11) is 1.47. The fourth-order valence-corrected chi connectivity index (χ4v) is 2.73.